The van der Waals surface area contributed by atoms with Crippen molar-refractivity contribution in [3.63, 3.8) is 0 Å². The first-order valence-electron chi connectivity index (χ1n) is 5.89. The Morgan fingerprint density at radius 1 is 1.31 bits per heavy atom. The lowest BCUT2D eigenvalue weighted by Gasteiger charge is -2.42. The van der Waals surface area contributed by atoms with Crippen molar-refractivity contribution in [2.24, 2.45) is 0 Å². The average Bonchev–Trinajstić information content (AvgIpc) is 2.66. The van der Waals surface area contributed by atoms with Crippen LogP contribution < -0.4 is 0 Å². The Kier molecular flexibility index (Phi) is 4.53. The lowest BCUT2D eigenvalue weighted by molar-refractivity contribution is -0.0128. The van der Waals surface area contributed by atoms with Crippen LogP contribution >= 0.6 is 11.3 Å². The van der Waals surface area contributed by atoms with E-state index < -0.39 is 6.10 Å². The van der Waals surface area contributed by atoms with Crippen LogP contribution in [-0.4, -0.2) is 29.6 Å². The van der Waals surface area contributed by atoms with Crippen LogP contribution in [0.15, 0.2) is 12.1 Å². The fourth-order valence-corrected chi connectivity index (χ4v) is 3.35. The van der Waals surface area contributed by atoms with Crippen molar-refractivity contribution >= 4 is 11.3 Å². The highest BCUT2D eigenvalue weighted by Gasteiger charge is 2.38. The number of aliphatic hydroxyl groups excluding tert-OH is 1. The molecule has 1 heterocycles. The van der Waals surface area contributed by atoms with E-state index in [0.29, 0.717) is 0 Å². The van der Waals surface area contributed by atoms with E-state index in [0.717, 1.165) is 17.7 Å². The Labute approximate surface area is 103 Å². The van der Waals surface area contributed by atoms with E-state index in [1.54, 1.807) is 11.3 Å². The van der Waals surface area contributed by atoms with Crippen LogP contribution in [0.3, 0.4) is 0 Å². The van der Waals surface area contributed by atoms with E-state index in [2.05, 4.69) is 45.8 Å². The second-order valence-electron chi connectivity index (χ2n) is 4.56. The van der Waals surface area contributed by atoms with Crippen LogP contribution in [0.5, 0.6) is 0 Å². The molecule has 1 rings (SSSR count). The van der Waals surface area contributed by atoms with Gasteiger partial charge in [0.15, 0.2) is 0 Å². The van der Waals surface area contributed by atoms with Crippen LogP contribution in [0.4, 0.5) is 0 Å². The van der Waals surface area contributed by atoms with Crippen molar-refractivity contribution in [1.29, 1.82) is 0 Å². The van der Waals surface area contributed by atoms with Crippen molar-refractivity contribution in [3.05, 3.63) is 21.9 Å². The molecule has 0 aromatic carbocycles. The molecular formula is C13H23NOS. The molecule has 1 unspecified atom stereocenters. The monoisotopic (exact) mass is 241 g/mol. The van der Waals surface area contributed by atoms with Crippen molar-refractivity contribution in [2.45, 2.75) is 45.3 Å². The molecule has 0 aliphatic rings. The molecular weight excluding hydrogens is 218 g/mol. The zero-order valence-electron chi connectivity index (χ0n) is 10.9. The molecule has 0 saturated heterocycles. The molecule has 0 saturated carbocycles. The second kappa shape index (κ2) is 5.30. The Morgan fingerprint density at radius 2 is 1.88 bits per heavy atom. The third-order valence-electron chi connectivity index (χ3n) is 3.65. The molecule has 3 heteroatoms. The summed E-state index contributed by atoms with van der Waals surface area (Å²) in [5.41, 5.74) is -0.142. The highest BCUT2D eigenvalue weighted by atomic mass is 32.1. The molecule has 0 spiro atoms. The molecule has 2 nitrogen and oxygen atoms in total. The Balaban J connectivity index is 3.04. The highest BCUT2D eigenvalue weighted by Crippen LogP contribution is 2.38. The van der Waals surface area contributed by atoms with E-state index >= 15 is 0 Å². The lowest BCUT2D eigenvalue weighted by atomic mass is 9.84. The van der Waals surface area contributed by atoms with Gasteiger partial charge in [0.25, 0.3) is 0 Å². The normalized spacial score (nSPS) is 14.4. The third-order valence-corrected chi connectivity index (χ3v) is 4.71. The first-order valence-corrected chi connectivity index (χ1v) is 6.71. The molecule has 92 valence electrons. The second-order valence-corrected chi connectivity index (χ2v) is 5.88. The fraction of sp³-hybridized carbons (Fsp3) is 0.692. The van der Waals surface area contributed by atoms with Gasteiger partial charge in [0.1, 0.15) is 6.10 Å². The summed E-state index contributed by atoms with van der Waals surface area (Å²) in [4.78, 5) is 4.50. The van der Waals surface area contributed by atoms with Gasteiger partial charge in [-0.3, -0.25) is 0 Å². The number of thiophene rings is 1. The van der Waals surface area contributed by atoms with E-state index in [9.17, 15) is 5.11 Å². The highest BCUT2D eigenvalue weighted by molar-refractivity contribution is 7.12. The minimum atomic E-state index is -0.392. The van der Waals surface area contributed by atoms with Crippen molar-refractivity contribution in [3.8, 4) is 0 Å². The molecule has 1 aromatic heterocycles. The number of aryl methyl sites for hydroxylation is 1. The number of likely N-dealkylation sites (N-methyl/N-ethyl adjacent to an activating group) is 1. The van der Waals surface area contributed by atoms with Gasteiger partial charge in [0.2, 0.25) is 0 Å². The standard InChI is InChI=1S/C13H23NOS/c1-6-13(7-2,14(4)5)12(15)11-9-8-10(3)16-11/h8-9,12,15H,6-7H2,1-5H3. The largest absolute Gasteiger partial charge is 0.386 e. The summed E-state index contributed by atoms with van der Waals surface area (Å²) in [6.07, 6.45) is 1.51. The molecule has 16 heavy (non-hydrogen) atoms. The molecule has 1 N–H and O–H groups in total. The quantitative estimate of drug-likeness (QED) is 0.855. The fourth-order valence-electron chi connectivity index (χ4n) is 2.38. The zero-order chi connectivity index (χ0) is 12.3. The van der Waals surface area contributed by atoms with Crippen LogP contribution in [0.2, 0.25) is 0 Å². The van der Waals surface area contributed by atoms with Gasteiger partial charge in [-0.05, 0) is 46.0 Å². The van der Waals surface area contributed by atoms with E-state index in [4.69, 9.17) is 0 Å². The predicted octanol–water partition coefficient (Wildman–Crippen LogP) is 3.21. The van der Waals surface area contributed by atoms with Gasteiger partial charge in [0, 0.05) is 9.75 Å². The number of aliphatic hydroxyl groups is 1. The number of hydrogen-bond donors (Lipinski definition) is 1. The van der Waals surface area contributed by atoms with Crippen LogP contribution in [-0.2, 0) is 0 Å². The lowest BCUT2D eigenvalue weighted by Crippen LogP contribution is -2.48. The molecule has 0 fully saturated rings. The maximum Gasteiger partial charge on any atom is 0.106 e. The first kappa shape index (κ1) is 13.7. The first-order chi connectivity index (χ1) is 7.47. The number of hydrogen-bond acceptors (Lipinski definition) is 3. The van der Waals surface area contributed by atoms with Crippen molar-refractivity contribution in [1.82, 2.24) is 4.90 Å². The Hall–Kier alpha value is -0.380. The Bertz CT molecular complexity index is 328. The SMILES string of the molecule is CCC(CC)(C(O)c1ccc(C)s1)N(C)C. The molecule has 0 radical (unpaired) electrons. The van der Waals surface area contributed by atoms with Gasteiger partial charge in [0.05, 0.1) is 5.54 Å². The third kappa shape index (κ3) is 2.31. The van der Waals surface area contributed by atoms with Crippen LogP contribution in [0.1, 0.15) is 42.5 Å². The smallest absolute Gasteiger partial charge is 0.106 e. The maximum absolute atomic E-state index is 10.6. The molecule has 1 atom stereocenters. The van der Waals surface area contributed by atoms with E-state index in [1.165, 1.54) is 4.88 Å². The predicted molar refractivity (Wildman–Crippen MR) is 71.0 cm³/mol. The van der Waals surface area contributed by atoms with E-state index in [1.807, 2.05) is 6.07 Å². The van der Waals surface area contributed by atoms with Crippen LogP contribution in [0, 0.1) is 6.92 Å². The minimum Gasteiger partial charge on any atom is -0.386 e. The molecule has 0 bridgehead atoms. The zero-order valence-corrected chi connectivity index (χ0v) is 11.8. The maximum atomic E-state index is 10.6. The average molecular weight is 241 g/mol. The van der Waals surface area contributed by atoms with E-state index in [-0.39, 0.29) is 5.54 Å². The Morgan fingerprint density at radius 3 is 2.19 bits per heavy atom. The van der Waals surface area contributed by atoms with Crippen molar-refractivity contribution < 1.29 is 5.11 Å². The minimum absolute atomic E-state index is 0.142. The van der Waals surface area contributed by atoms with Gasteiger partial charge in [-0.25, -0.2) is 0 Å². The van der Waals surface area contributed by atoms with Crippen molar-refractivity contribution in [2.75, 3.05) is 14.1 Å². The van der Waals surface area contributed by atoms with Crippen LogP contribution in [0.25, 0.3) is 0 Å². The number of nitrogens with zero attached hydrogens (tertiary/aromatic N) is 1. The summed E-state index contributed by atoms with van der Waals surface area (Å²) in [5, 5.41) is 10.6. The topological polar surface area (TPSA) is 23.5 Å². The summed E-state index contributed by atoms with van der Waals surface area (Å²) >= 11 is 1.69. The van der Waals surface area contributed by atoms with Gasteiger partial charge in [-0.2, -0.15) is 0 Å². The molecule has 0 amide bonds. The molecule has 0 aliphatic heterocycles. The summed E-state index contributed by atoms with van der Waals surface area (Å²) in [6, 6.07) is 4.13. The van der Waals surface area contributed by atoms with Gasteiger partial charge >= 0.3 is 0 Å². The van der Waals surface area contributed by atoms with Gasteiger partial charge in [-0.15, -0.1) is 11.3 Å². The summed E-state index contributed by atoms with van der Waals surface area (Å²) < 4.78 is 0. The summed E-state index contributed by atoms with van der Waals surface area (Å²) in [7, 11) is 4.10. The number of rotatable bonds is 5. The molecule has 0 aliphatic carbocycles. The summed E-state index contributed by atoms with van der Waals surface area (Å²) in [5.74, 6) is 0. The van der Waals surface area contributed by atoms with Gasteiger partial charge in [-0.1, -0.05) is 13.8 Å². The van der Waals surface area contributed by atoms with Gasteiger partial charge < -0.3 is 10.0 Å². The summed E-state index contributed by atoms with van der Waals surface area (Å²) in [6.45, 7) is 6.37. The molecule has 1 aromatic rings.